The molecule has 0 bridgehead atoms. The fourth-order valence-corrected chi connectivity index (χ4v) is 12.5. The fourth-order valence-electron chi connectivity index (χ4n) is 10.9. The zero-order valence-corrected chi connectivity index (χ0v) is 65.6. The van der Waals surface area contributed by atoms with Crippen LogP contribution in [-0.2, 0) is 55.8 Å². The number of allylic oxidation sites excluding steroid dienone is 18. The lowest BCUT2D eigenvalue weighted by molar-refractivity contribution is -0.161. The van der Waals surface area contributed by atoms with Gasteiger partial charge in [0.1, 0.15) is 25.4 Å². The Morgan fingerprint density at radius 2 is 0.525 bits per heavy atom. The van der Waals surface area contributed by atoms with Crippen LogP contribution >= 0.6 is 15.6 Å². The molecule has 0 aromatic heterocycles. The molecule has 5 atom stereocenters. The van der Waals surface area contributed by atoms with Crippen LogP contribution in [0.5, 0.6) is 0 Å². The first kappa shape index (κ1) is 97.2. The number of phosphoric acid groups is 2. The summed E-state index contributed by atoms with van der Waals surface area (Å²) in [4.78, 5) is 58.5. The number of aliphatic hydroxyl groups is 2. The molecule has 0 saturated heterocycles. The third-order valence-corrected chi connectivity index (χ3v) is 18.9. The van der Waals surface area contributed by atoms with Crippen LogP contribution in [0.3, 0.4) is 0 Å². The van der Waals surface area contributed by atoms with Gasteiger partial charge in [-0.25, -0.2) is 9.13 Å². The summed E-state index contributed by atoms with van der Waals surface area (Å²) in [7, 11) is -9.79. The summed E-state index contributed by atoms with van der Waals surface area (Å²) in [6.45, 7) is 2.45. The van der Waals surface area contributed by atoms with E-state index in [1.54, 1.807) is 0 Å². The Morgan fingerprint density at radius 1 is 0.287 bits per heavy atom. The number of hydrogen-bond donors (Lipinski definition) is 4. The van der Waals surface area contributed by atoms with Gasteiger partial charge in [0.15, 0.2) is 6.10 Å². The Kier molecular flexibility index (Phi) is 73.0. The quantitative estimate of drug-likeness (QED) is 0.0146. The lowest BCUT2D eigenvalue weighted by Crippen LogP contribution is -2.30. The van der Waals surface area contributed by atoms with Crippen molar-refractivity contribution in [1.82, 2.24) is 0 Å². The van der Waals surface area contributed by atoms with E-state index in [4.69, 9.17) is 32.3 Å². The van der Waals surface area contributed by atoms with Crippen molar-refractivity contribution in [2.75, 3.05) is 39.6 Å². The van der Waals surface area contributed by atoms with Crippen LogP contribution in [0.15, 0.2) is 109 Å². The van der Waals surface area contributed by atoms with Crippen molar-refractivity contribution < 1.29 is 75.8 Å². The monoisotopic (exact) mass is 1460 g/mol. The molecule has 0 aliphatic heterocycles. The summed E-state index contributed by atoms with van der Waals surface area (Å²) in [5.41, 5.74) is 0. The van der Waals surface area contributed by atoms with Crippen molar-refractivity contribution in [2.24, 2.45) is 0 Å². The SMILES string of the molecule is CC/C=C\C/C=C\C/C=C\C/C=C\C/C=C\CCCCCCCCCCCCCCCCCCCCCC(=O)OCC(O)COP(=O)(O)OCC(O)COP(=O)(O)OCC(COC(=O)CCCCCCC/C=C\C/C=C\C/C=C\CC)OC(=O)CCCCCCC/C=C\CCCCCCCC. The Labute approximate surface area is 615 Å². The zero-order chi connectivity index (χ0) is 73.7. The van der Waals surface area contributed by atoms with Gasteiger partial charge in [-0.1, -0.05) is 310 Å². The largest absolute Gasteiger partial charge is 0.472 e. The highest BCUT2D eigenvalue weighted by Crippen LogP contribution is 2.45. The van der Waals surface area contributed by atoms with E-state index in [1.807, 2.05) is 0 Å². The Hall–Kier alpha value is -3.79. The summed E-state index contributed by atoms with van der Waals surface area (Å²) < 4.78 is 61.1. The predicted octanol–water partition coefficient (Wildman–Crippen LogP) is 23.5. The van der Waals surface area contributed by atoms with Gasteiger partial charge in [-0.15, -0.1) is 0 Å². The van der Waals surface area contributed by atoms with Crippen molar-refractivity contribution in [1.29, 1.82) is 0 Å². The predicted molar refractivity (Wildman–Crippen MR) is 417 cm³/mol. The van der Waals surface area contributed by atoms with E-state index < -0.39 is 91.5 Å². The maximum atomic E-state index is 12.9. The average molecular weight is 1460 g/mol. The average Bonchev–Trinajstić information content (AvgIpc) is 1.74. The summed E-state index contributed by atoms with van der Waals surface area (Å²) in [5.74, 6) is -1.59. The maximum Gasteiger partial charge on any atom is 0.472 e. The van der Waals surface area contributed by atoms with E-state index in [0.29, 0.717) is 19.3 Å². The number of hydrogen-bond acceptors (Lipinski definition) is 14. The van der Waals surface area contributed by atoms with Crippen molar-refractivity contribution in [3.63, 3.8) is 0 Å². The van der Waals surface area contributed by atoms with Crippen LogP contribution < -0.4 is 0 Å². The third kappa shape index (κ3) is 77.1. The second-order valence-corrected chi connectivity index (χ2v) is 29.7. The Balaban J connectivity index is 4.35. The molecule has 0 aromatic carbocycles. The van der Waals surface area contributed by atoms with Gasteiger partial charge in [0, 0.05) is 19.3 Å². The van der Waals surface area contributed by atoms with E-state index in [1.165, 1.54) is 141 Å². The Morgan fingerprint density at radius 3 is 0.842 bits per heavy atom. The van der Waals surface area contributed by atoms with Gasteiger partial charge < -0.3 is 34.2 Å². The minimum absolute atomic E-state index is 0.0915. The lowest BCUT2D eigenvalue weighted by Gasteiger charge is -2.21. The Bertz CT molecular complexity index is 2270. The molecule has 0 aliphatic rings. The molecule has 16 nitrogen and oxygen atoms in total. The van der Waals surface area contributed by atoms with E-state index in [2.05, 4.69) is 130 Å². The molecule has 0 aliphatic carbocycles. The molecule has 0 spiro atoms. The van der Waals surface area contributed by atoms with Crippen molar-refractivity contribution in [3.05, 3.63) is 109 Å². The lowest BCUT2D eigenvalue weighted by atomic mass is 10.0. The number of aliphatic hydroxyl groups excluding tert-OH is 2. The molecule has 0 saturated carbocycles. The minimum Gasteiger partial charge on any atom is -0.463 e. The number of esters is 3. The first-order chi connectivity index (χ1) is 49.2. The molecular formula is C83H146O16P2. The van der Waals surface area contributed by atoms with Crippen LogP contribution in [0, 0.1) is 0 Å². The number of carbonyl (C=O) groups excluding carboxylic acids is 3. The van der Waals surface area contributed by atoms with E-state index in [-0.39, 0.29) is 19.3 Å². The van der Waals surface area contributed by atoms with Crippen LogP contribution in [0.4, 0.5) is 0 Å². The number of phosphoric ester groups is 2. The van der Waals surface area contributed by atoms with Gasteiger partial charge in [-0.2, -0.15) is 0 Å². The molecule has 5 unspecified atom stereocenters. The normalized spacial score (nSPS) is 14.6. The molecule has 4 N–H and O–H groups in total. The standard InChI is InChI=1S/C83H146O16P2/c1-4-7-10-13-16-19-22-25-28-29-30-31-32-33-34-35-36-37-38-39-40-41-42-43-44-45-46-47-50-52-54-57-60-63-66-69-81(86)93-72-78(84)73-95-100(89,90)96-74-79(85)75-97-101(91,92)98-77-80(99-83(88)71-68-65-62-59-56-53-49-27-24-21-18-15-12-9-6-3)76-94-82(87)70-67-64-61-58-55-51-48-26-23-20-17-14-11-8-5-2/h7-8,10-11,16-17,19-20,25-28,30-31,33-34,48-49,78-80,84-85H,4-6,9,12-15,18,21-24,29,32,35-47,50-77H2,1-3H3,(H,89,90)(H,91,92)/b10-7-,11-8-,19-16-,20-17-,28-25-,31-30-,34-33-,48-26-,49-27-. The van der Waals surface area contributed by atoms with Gasteiger partial charge >= 0.3 is 33.6 Å². The van der Waals surface area contributed by atoms with Crippen LogP contribution in [0.25, 0.3) is 0 Å². The van der Waals surface area contributed by atoms with E-state index in [0.717, 1.165) is 141 Å². The summed E-state index contributed by atoms with van der Waals surface area (Å²) >= 11 is 0. The highest BCUT2D eigenvalue weighted by Gasteiger charge is 2.29. The highest BCUT2D eigenvalue weighted by molar-refractivity contribution is 7.47. The highest BCUT2D eigenvalue weighted by atomic mass is 31.2. The summed E-state index contributed by atoms with van der Waals surface area (Å²) in [5, 5.41) is 20.6. The second-order valence-electron chi connectivity index (χ2n) is 26.8. The first-order valence-corrected chi connectivity index (χ1v) is 43.2. The molecular weight excluding hydrogens is 1310 g/mol. The minimum atomic E-state index is -4.93. The number of ether oxygens (including phenoxy) is 3. The fraction of sp³-hybridized carbons (Fsp3) is 0.747. The van der Waals surface area contributed by atoms with Crippen molar-refractivity contribution in [2.45, 2.75) is 360 Å². The summed E-state index contributed by atoms with van der Waals surface area (Å²) in [6, 6.07) is 0. The number of unbranched alkanes of at least 4 members (excludes halogenated alkanes) is 35. The molecule has 0 radical (unpaired) electrons. The molecule has 0 heterocycles. The smallest absolute Gasteiger partial charge is 0.463 e. The molecule has 584 valence electrons. The van der Waals surface area contributed by atoms with Crippen LogP contribution in [-0.4, -0.2) is 95.9 Å². The third-order valence-electron chi connectivity index (χ3n) is 17.0. The van der Waals surface area contributed by atoms with Crippen molar-refractivity contribution in [3.8, 4) is 0 Å². The van der Waals surface area contributed by atoms with Crippen molar-refractivity contribution >= 4 is 33.6 Å². The molecule has 0 aromatic rings. The van der Waals surface area contributed by atoms with Crippen LogP contribution in [0.1, 0.15) is 342 Å². The molecule has 0 fully saturated rings. The molecule has 0 amide bonds. The van der Waals surface area contributed by atoms with Gasteiger partial charge in [-0.3, -0.25) is 32.5 Å². The maximum absolute atomic E-state index is 12.9. The zero-order valence-electron chi connectivity index (χ0n) is 63.8. The second kappa shape index (κ2) is 75.9. The number of carbonyl (C=O) groups is 3. The van der Waals surface area contributed by atoms with Gasteiger partial charge in [0.05, 0.1) is 26.4 Å². The first-order valence-electron chi connectivity index (χ1n) is 40.2. The molecule has 101 heavy (non-hydrogen) atoms. The van der Waals surface area contributed by atoms with Crippen LogP contribution in [0.2, 0.25) is 0 Å². The summed E-state index contributed by atoms with van der Waals surface area (Å²) in [6.07, 6.45) is 88.8. The van der Waals surface area contributed by atoms with Gasteiger partial charge in [-0.05, 0) is 122 Å². The topological polar surface area (TPSA) is 231 Å². The van der Waals surface area contributed by atoms with E-state index in [9.17, 15) is 43.5 Å². The van der Waals surface area contributed by atoms with Gasteiger partial charge in [0.25, 0.3) is 0 Å². The van der Waals surface area contributed by atoms with E-state index >= 15 is 0 Å². The van der Waals surface area contributed by atoms with Gasteiger partial charge in [0.2, 0.25) is 0 Å². The molecule has 18 heteroatoms. The molecule has 0 rings (SSSR count). The number of rotatable bonds is 76.